The van der Waals surface area contributed by atoms with E-state index < -0.39 is 23.3 Å². The maximum absolute atomic E-state index is 12.2. The molecule has 1 unspecified atom stereocenters. The van der Waals surface area contributed by atoms with Crippen molar-refractivity contribution in [2.75, 3.05) is 0 Å². The summed E-state index contributed by atoms with van der Waals surface area (Å²) >= 11 is 0. The molecule has 1 saturated heterocycles. The van der Waals surface area contributed by atoms with Crippen LogP contribution < -0.4 is 0 Å². The largest absolute Gasteiger partial charge is 0.438 e. The maximum atomic E-state index is 12.2. The maximum Gasteiger partial charge on any atom is 0.420 e. The van der Waals surface area contributed by atoms with E-state index >= 15 is 0 Å². The quantitative estimate of drug-likeness (QED) is 0.823. The van der Waals surface area contributed by atoms with Crippen LogP contribution in [0.15, 0.2) is 30.3 Å². The van der Waals surface area contributed by atoms with E-state index in [2.05, 4.69) is 0 Å². The predicted molar refractivity (Wildman–Crippen MR) is 63.8 cm³/mol. The van der Waals surface area contributed by atoms with Crippen molar-refractivity contribution in [3.63, 3.8) is 0 Å². The number of carbonyl (C=O) groups excluding carboxylic acids is 2. The summed E-state index contributed by atoms with van der Waals surface area (Å²) in [6.07, 6.45) is -0.834. The highest BCUT2D eigenvalue weighted by atomic mass is 16.6. The van der Waals surface area contributed by atoms with E-state index in [1.54, 1.807) is 44.2 Å². The predicted octanol–water partition coefficient (Wildman–Crippen LogP) is 1.77. The fourth-order valence-electron chi connectivity index (χ4n) is 1.80. The van der Waals surface area contributed by atoms with Gasteiger partial charge in [0, 0.05) is 5.56 Å². The molecule has 5 nitrogen and oxygen atoms in total. The Bertz CT molecular complexity index is 493. The van der Waals surface area contributed by atoms with Crippen LogP contribution in [0.2, 0.25) is 0 Å². The van der Waals surface area contributed by atoms with E-state index in [9.17, 15) is 14.7 Å². The van der Waals surface area contributed by atoms with Gasteiger partial charge in [-0.2, -0.15) is 0 Å². The Morgan fingerprint density at radius 2 is 1.78 bits per heavy atom. The second kappa shape index (κ2) is 3.81. The van der Waals surface area contributed by atoms with Gasteiger partial charge in [-0.25, -0.2) is 9.69 Å². The number of hydrogen-bond donors (Lipinski definition) is 1. The minimum Gasteiger partial charge on any atom is -0.438 e. The Morgan fingerprint density at radius 1 is 1.22 bits per heavy atom. The van der Waals surface area contributed by atoms with Crippen LogP contribution in [-0.4, -0.2) is 33.3 Å². The SMILES string of the molecule is CC1(C)OC(=O)N(C(=O)c2ccccc2)C1(C)O. The molecule has 0 bridgehead atoms. The first-order valence-electron chi connectivity index (χ1n) is 5.62. The number of rotatable bonds is 1. The van der Waals surface area contributed by atoms with Gasteiger partial charge in [-0.05, 0) is 32.9 Å². The first-order chi connectivity index (χ1) is 8.27. The van der Waals surface area contributed by atoms with Crippen LogP contribution in [0.5, 0.6) is 0 Å². The third-order valence-electron chi connectivity index (χ3n) is 3.32. The van der Waals surface area contributed by atoms with Gasteiger partial charge in [0.05, 0.1) is 0 Å². The molecule has 96 valence electrons. The van der Waals surface area contributed by atoms with E-state index in [-0.39, 0.29) is 0 Å². The molecule has 2 rings (SSSR count). The number of aliphatic hydroxyl groups is 1. The van der Waals surface area contributed by atoms with E-state index in [4.69, 9.17) is 4.74 Å². The normalized spacial score (nSPS) is 26.0. The molecular weight excluding hydrogens is 234 g/mol. The van der Waals surface area contributed by atoms with E-state index in [1.165, 1.54) is 6.92 Å². The lowest BCUT2D eigenvalue weighted by molar-refractivity contribution is -0.116. The van der Waals surface area contributed by atoms with Crippen molar-refractivity contribution in [3.05, 3.63) is 35.9 Å². The van der Waals surface area contributed by atoms with Gasteiger partial charge < -0.3 is 9.84 Å². The first kappa shape index (κ1) is 12.6. The monoisotopic (exact) mass is 249 g/mol. The van der Waals surface area contributed by atoms with Gasteiger partial charge in [-0.1, -0.05) is 18.2 Å². The third kappa shape index (κ3) is 1.67. The molecule has 1 atom stereocenters. The zero-order valence-electron chi connectivity index (χ0n) is 10.5. The summed E-state index contributed by atoms with van der Waals surface area (Å²) in [7, 11) is 0. The first-order valence-corrected chi connectivity index (χ1v) is 5.62. The highest BCUT2D eigenvalue weighted by Crippen LogP contribution is 2.37. The van der Waals surface area contributed by atoms with Crippen LogP contribution in [0.4, 0.5) is 4.79 Å². The van der Waals surface area contributed by atoms with E-state index in [0.717, 1.165) is 4.90 Å². The number of carbonyl (C=O) groups is 2. The van der Waals surface area contributed by atoms with Gasteiger partial charge in [-0.3, -0.25) is 4.79 Å². The minimum absolute atomic E-state index is 0.326. The van der Waals surface area contributed by atoms with Crippen molar-refractivity contribution >= 4 is 12.0 Å². The molecule has 1 aromatic carbocycles. The summed E-state index contributed by atoms with van der Waals surface area (Å²) in [5.41, 5.74) is -2.50. The standard InChI is InChI=1S/C13H15NO4/c1-12(2)13(3,17)14(11(16)18-12)10(15)9-7-5-4-6-8-9/h4-8,17H,1-3H3. The number of hydrogen-bond acceptors (Lipinski definition) is 4. The van der Waals surface area contributed by atoms with Crippen molar-refractivity contribution in [1.82, 2.24) is 4.90 Å². The Kier molecular flexibility index (Phi) is 2.66. The lowest BCUT2D eigenvalue weighted by Gasteiger charge is -2.33. The number of imide groups is 1. The lowest BCUT2D eigenvalue weighted by atomic mass is 9.95. The van der Waals surface area contributed by atoms with Crippen molar-refractivity contribution < 1.29 is 19.4 Å². The minimum atomic E-state index is -1.68. The zero-order valence-corrected chi connectivity index (χ0v) is 10.5. The summed E-state index contributed by atoms with van der Waals surface area (Å²) in [6.45, 7) is 4.51. The van der Waals surface area contributed by atoms with Gasteiger partial charge >= 0.3 is 6.09 Å². The van der Waals surface area contributed by atoms with Crippen molar-refractivity contribution in [1.29, 1.82) is 0 Å². The smallest absolute Gasteiger partial charge is 0.420 e. The number of amides is 2. The summed E-state index contributed by atoms with van der Waals surface area (Å²) in [6, 6.07) is 8.30. The Labute approximate surface area is 105 Å². The molecule has 1 N–H and O–H groups in total. The average Bonchev–Trinajstić information content (AvgIpc) is 2.44. The second-order valence-electron chi connectivity index (χ2n) is 4.91. The van der Waals surface area contributed by atoms with E-state index in [1.807, 2.05) is 0 Å². The molecule has 0 aliphatic carbocycles. The van der Waals surface area contributed by atoms with Crippen LogP contribution in [0.1, 0.15) is 31.1 Å². The van der Waals surface area contributed by atoms with Gasteiger partial charge in [0.2, 0.25) is 0 Å². The van der Waals surface area contributed by atoms with Gasteiger partial charge in [0.25, 0.3) is 5.91 Å². The van der Waals surface area contributed by atoms with Crippen LogP contribution in [0.25, 0.3) is 0 Å². The Hall–Kier alpha value is -1.88. The van der Waals surface area contributed by atoms with Gasteiger partial charge in [-0.15, -0.1) is 0 Å². The topological polar surface area (TPSA) is 66.8 Å². The van der Waals surface area contributed by atoms with Crippen molar-refractivity contribution in [2.24, 2.45) is 0 Å². The Morgan fingerprint density at radius 3 is 2.22 bits per heavy atom. The number of cyclic esters (lactones) is 1. The molecule has 1 aliphatic rings. The lowest BCUT2D eigenvalue weighted by Crippen LogP contribution is -2.55. The van der Waals surface area contributed by atoms with Crippen LogP contribution in [-0.2, 0) is 4.74 Å². The Balaban J connectivity index is 2.40. The molecule has 0 saturated carbocycles. The molecule has 1 heterocycles. The molecule has 5 heteroatoms. The molecule has 2 amide bonds. The molecule has 1 aromatic rings. The van der Waals surface area contributed by atoms with Crippen molar-refractivity contribution in [3.8, 4) is 0 Å². The van der Waals surface area contributed by atoms with Crippen LogP contribution >= 0.6 is 0 Å². The van der Waals surface area contributed by atoms with Crippen molar-refractivity contribution in [2.45, 2.75) is 32.1 Å². The molecule has 1 fully saturated rings. The summed E-state index contributed by atoms with van der Waals surface area (Å²) in [5.74, 6) is -0.573. The van der Waals surface area contributed by atoms with Gasteiger partial charge in [0.15, 0.2) is 11.3 Å². The van der Waals surface area contributed by atoms with Crippen LogP contribution in [0.3, 0.4) is 0 Å². The summed E-state index contributed by atoms with van der Waals surface area (Å²) < 4.78 is 5.04. The molecule has 0 radical (unpaired) electrons. The molecule has 0 aromatic heterocycles. The summed E-state index contributed by atoms with van der Waals surface area (Å²) in [4.78, 5) is 24.7. The zero-order chi connectivity index (χ0) is 13.6. The fourth-order valence-corrected chi connectivity index (χ4v) is 1.80. The molecule has 1 aliphatic heterocycles. The fraction of sp³-hybridized carbons (Fsp3) is 0.385. The number of ether oxygens (including phenoxy) is 1. The molecule has 0 spiro atoms. The van der Waals surface area contributed by atoms with Crippen LogP contribution in [0, 0.1) is 0 Å². The highest BCUT2D eigenvalue weighted by molar-refractivity contribution is 6.04. The second-order valence-corrected chi connectivity index (χ2v) is 4.91. The third-order valence-corrected chi connectivity index (χ3v) is 3.32. The molecular formula is C13H15NO4. The number of nitrogens with zero attached hydrogens (tertiary/aromatic N) is 1. The van der Waals surface area contributed by atoms with Gasteiger partial charge in [0.1, 0.15) is 0 Å². The summed E-state index contributed by atoms with van der Waals surface area (Å²) in [5, 5.41) is 10.3. The van der Waals surface area contributed by atoms with E-state index in [0.29, 0.717) is 5.56 Å². The average molecular weight is 249 g/mol. The highest BCUT2D eigenvalue weighted by Gasteiger charge is 2.59. The molecule has 18 heavy (non-hydrogen) atoms. The number of benzene rings is 1.